The molecule has 3 aromatic carbocycles. The van der Waals surface area contributed by atoms with Gasteiger partial charge < -0.3 is 10.2 Å². The molecule has 1 atom stereocenters. The standard InChI is InChI=1S/C27H30IN3O4S/c1-20(2)29-27(33)21(3)30(18-22-10-6-4-7-11-22)26(32)19-31(24-16-14-23(28)15-17-24)36(34,35)25-12-8-5-9-13-25/h4-17,20-21H,18-19H2,1-3H3,(H,29,33)/t21-/m1/s1. The zero-order valence-electron chi connectivity index (χ0n) is 20.5. The smallest absolute Gasteiger partial charge is 0.264 e. The van der Waals surface area contributed by atoms with Gasteiger partial charge in [0.25, 0.3) is 10.0 Å². The highest BCUT2D eigenvalue weighted by Gasteiger charge is 2.32. The Kier molecular flexibility index (Phi) is 9.49. The van der Waals surface area contributed by atoms with Gasteiger partial charge in [-0.2, -0.15) is 0 Å². The SMILES string of the molecule is CC(C)NC(=O)[C@@H](C)N(Cc1ccccc1)C(=O)CN(c1ccc(I)cc1)S(=O)(=O)c1ccccc1. The van der Waals surface area contributed by atoms with Gasteiger partial charge in [-0.3, -0.25) is 13.9 Å². The first-order valence-electron chi connectivity index (χ1n) is 11.6. The highest BCUT2D eigenvalue weighted by Crippen LogP contribution is 2.25. The van der Waals surface area contributed by atoms with Crippen LogP contribution in [0.25, 0.3) is 0 Å². The van der Waals surface area contributed by atoms with Gasteiger partial charge in [-0.25, -0.2) is 8.42 Å². The van der Waals surface area contributed by atoms with Crippen molar-refractivity contribution >= 4 is 50.1 Å². The number of hydrogen-bond acceptors (Lipinski definition) is 4. The predicted molar refractivity (Wildman–Crippen MR) is 150 cm³/mol. The maximum atomic E-state index is 13.7. The highest BCUT2D eigenvalue weighted by molar-refractivity contribution is 14.1. The molecule has 0 bridgehead atoms. The normalized spacial score (nSPS) is 12.1. The Morgan fingerprint density at radius 3 is 1.97 bits per heavy atom. The minimum absolute atomic E-state index is 0.0801. The lowest BCUT2D eigenvalue weighted by atomic mass is 10.1. The minimum Gasteiger partial charge on any atom is -0.352 e. The summed E-state index contributed by atoms with van der Waals surface area (Å²) in [5.74, 6) is -0.788. The Labute approximate surface area is 226 Å². The molecule has 0 radical (unpaired) electrons. The van der Waals surface area contributed by atoms with E-state index in [0.717, 1.165) is 13.4 Å². The minimum atomic E-state index is -4.05. The number of benzene rings is 3. The number of carbonyl (C=O) groups excluding carboxylic acids is 2. The third-order valence-electron chi connectivity index (χ3n) is 5.52. The first-order chi connectivity index (χ1) is 17.1. The third-order valence-corrected chi connectivity index (χ3v) is 8.03. The fraction of sp³-hybridized carbons (Fsp3) is 0.259. The molecule has 190 valence electrons. The van der Waals surface area contributed by atoms with Gasteiger partial charge in [-0.15, -0.1) is 0 Å². The van der Waals surface area contributed by atoms with E-state index < -0.39 is 28.5 Å². The summed E-state index contributed by atoms with van der Waals surface area (Å²) in [7, 11) is -4.05. The molecule has 2 amide bonds. The Morgan fingerprint density at radius 1 is 0.861 bits per heavy atom. The molecule has 0 spiro atoms. The summed E-state index contributed by atoms with van der Waals surface area (Å²) in [4.78, 5) is 28.1. The van der Waals surface area contributed by atoms with E-state index in [0.29, 0.717) is 5.69 Å². The maximum absolute atomic E-state index is 13.7. The summed E-state index contributed by atoms with van der Waals surface area (Å²) in [5, 5.41) is 2.85. The number of carbonyl (C=O) groups is 2. The molecule has 9 heteroatoms. The quantitative estimate of drug-likeness (QED) is 0.341. The van der Waals surface area contributed by atoms with Crippen molar-refractivity contribution in [1.29, 1.82) is 0 Å². The van der Waals surface area contributed by atoms with Crippen molar-refractivity contribution in [2.24, 2.45) is 0 Å². The number of hydrogen-bond donors (Lipinski definition) is 1. The van der Waals surface area contributed by atoms with Crippen LogP contribution in [-0.4, -0.2) is 43.8 Å². The molecule has 3 aromatic rings. The Balaban J connectivity index is 2.00. The number of rotatable bonds is 10. The molecule has 3 rings (SSSR count). The molecular weight excluding hydrogens is 589 g/mol. The van der Waals surface area contributed by atoms with E-state index in [1.807, 2.05) is 44.2 Å². The number of anilines is 1. The van der Waals surface area contributed by atoms with Gasteiger partial charge >= 0.3 is 0 Å². The van der Waals surface area contributed by atoms with E-state index in [1.54, 1.807) is 49.4 Å². The van der Waals surface area contributed by atoms with E-state index in [9.17, 15) is 18.0 Å². The molecule has 0 aromatic heterocycles. The number of sulfonamides is 1. The zero-order valence-corrected chi connectivity index (χ0v) is 23.4. The average molecular weight is 620 g/mol. The van der Waals surface area contributed by atoms with Crippen molar-refractivity contribution in [3.05, 3.63) is 94.1 Å². The molecule has 7 nitrogen and oxygen atoms in total. The predicted octanol–water partition coefficient (Wildman–Crippen LogP) is 4.43. The number of amides is 2. The summed E-state index contributed by atoms with van der Waals surface area (Å²) in [6, 6.07) is 23.3. The lowest BCUT2D eigenvalue weighted by molar-refractivity contribution is -0.139. The Bertz CT molecular complexity index is 1270. The zero-order chi connectivity index (χ0) is 26.3. The summed E-state index contributed by atoms with van der Waals surface area (Å²) in [6.45, 7) is 5.06. The molecular formula is C27H30IN3O4S. The van der Waals surface area contributed by atoms with Gasteiger partial charge in [0.1, 0.15) is 12.6 Å². The van der Waals surface area contributed by atoms with Crippen LogP contribution in [-0.2, 0) is 26.2 Å². The number of halogens is 1. The van der Waals surface area contributed by atoms with Crippen molar-refractivity contribution in [1.82, 2.24) is 10.2 Å². The molecule has 0 aliphatic heterocycles. The molecule has 0 aliphatic rings. The van der Waals surface area contributed by atoms with E-state index in [1.165, 1.54) is 17.0 Å². The van der Waals surface area contributed by atoms with Crippen molar-refractivity contribution < 1.29 is 18.0 Å². The second-order valence-corrected chi connectivity index (χ2v) is 11.8. The summed E-state index contributed by atoms with van der Waals surface area (Å²) >= 11 is 2.14. The third kappa shape index (κ3) is 7.07. The number of nitrogens with zero attached hydrogens (tertiary/aromatic N) is 2. The van der Waals surface area contributed by atoms with Crippen LogP contribution in [0, 0.1) is 3.57 Å². The second kappa shape index (κ2) is 12.4. The fourth-order valence-electron chi connectivity index (χ4n) is 3.62. The van der Waals surface area contributed by atoms with Crippen molar-refractivity contribution in [2.45, 2.75) is 44.3 Å². The topological polar surface area (TPSA) is 86.8 Å². The van der Waals surface area contributed by atoms with Crippen LogP contribution in [0.4, 0.5) is 5.69 Å². The van der Waals surface area contributed by atoms with Crippen molar-refractivity contribution in [2.75, 3.05) is 10.8 Å². The first-order valence-corrected chi connectivity index (χ1v) is 14.1. The first kappa shape index (κ1) is 27.7. The van der Waals surface area contributed by atoms with Gasteiger partial charge in [-0.05, 0) is 85.3 Å². The molecule has 0 saturated heterocycles. The fourth-order valence-corrected chi connectivity index (χ4v) is 5.42. The van der Waals surface area contributed by atoms with Gasteiger partial charge in [0.05, 0.1) is 10.6 Å². The van der Waals surface area contributed by atoms with E-state index in [2.05, 4.69) is 27.9 Å². The molecule has 0 heterocycles. The van der Waals surface area contributed by atoms with E-state index in [4.69, 9.17) is 0 Å². The van der Waals surface area contributed by atoms with Crippen LogP contribution in [0.15, 0.2) is 89.8 Å². The molecule has 36 heavy (non-hydrogen) atoms. The van der Waals surface area contributed by atoms with Gasteiger partial charge in [0, 0.05) is 16.2 Å². The Morgan fingerprint density at radius 2 is 1.42 bits per heavy atom. The second-order valence-electron chi connectivity index (χ2n) is 8.65. The van der Waals surface area contributed by atoms with E-state index >= 15 is 0 Å². The molecule has 0 fully saturated rings. The Hall–Kier alpha value is -2.92. The van der Waals surface area contributed by atoms with E-state index in [-0.39, 0.29) is 23.4 Å². The van der Waals surface area contributed by atoms with Crippen LogP contribution in [0.1, 0.15) is 26.3 Å². The molecule has 1 N–H and O–H groups in total. The van der Waals surface area contributed by atoms with Crippen LogP contribution >= 0.6 is 22.6 Å². The highest BCUT2D eigenvalue weighted by atomic mass is 127. The largest absolute Gasteiger partial charge is 0.352 e. The summed E-state index contributed by atoms with van der Waals surface area (Å²) < 4.78 is 29.4. The monoisotopic (exact) mass is 619 g/mol. The summed E-state index contributed by atoms with van der Waals surface area (Å²) in [6.07, 6.45) is 0. The molecule has 0 unspecified atom stereocenters. The lowest BCUT2D eigenvalue weighted by Gasteiger charge is -2.32. The van der Waals surface area contributed by atoms with Crippen LogP contribution < -0.4 is 9.62 Å². The van der Waals surface area contributed by atoms with Crippen LogP contribution in [0.3, 0.4) is 0 Å². The van der Waals surface area contributed by atoms with Crippen LogP contribution in [0.2, 0.25) is 0 Å². The molecule has 0 saturated carbocycles. The van der Waals surface area contributed by atoms with Crippen molar-refractivity contribution in [3.63, 3.8) is 0 Å². The van der Waals surface area contributed by atoms with Gasteiger partial charge in [0.15, 0.2) is 0 Å². The van der Waals surface area contributed by atoms with Gasteiger partial charge in [-0.1, -0.05) is 48.5 Å². The maximum Gasteiger partial charge on any atom is 0.264 e. The van der Waals surface area contributed by atoms with Crippen molar-refractivity contribution in [3.8, 4) is 0 Å². The van der Waals surface area contributed by atoms with Gasteiger partial charge in [0.2, 0.25) is 11.8 Å². The summed E-state index contributed by atoms with van der Waals surface area (Å²) in [5.41, 5.74) is 1.20. The lowest BCUT2D eigenvalue weighted by Crippen LogP contribution is -2.52. The number of nitrogens with one attached hydrogen (secondary N) is 1. The van der Waals surface area contributed by atoms with Crippen LogP contribution in [0.5, 0.6) is 0 Å². The average Bonchev–Trinajstić information content (AvgIpc) is 2.86. The molecule has 0 aliphatic carbocycles.